The van der Waals surface area contributed by atoms with Crippen molar-refractivity contribution in [3.8, 4) is 0 Å². The minimum absolute atomic E-state index is 0.0103. The van der Waals surface area contributed by atoms with Gasteiger partial charge in [0.1, 0.15) is 0 Å². The van der Waals surface area contributed by atoms with Crippen molar-refractivity contribution < 1.29 is 4.90 Å². The molecule has 0 aromatic carbocycles. The lowest BCUT2D eigenvalue weighted by Gasteiger charge is -2.20. The van der Waals surface area contributed by atoms with Crippen LogP contribution in [-0.2, 0) is 0 Å². The maximum atomic E-state index is 5.83. The fourth-order valence-electron chi connectivity index (χ4n) is 0.712. The van der Waals surface area contributed by atoms with Crippen LogP contribution in [0.15, 0.2) is 0 Å². The number of nitrogens with two attached hydrogens (primary N) is 1. The van der Waals surface area contributed by atoms with Crippen molar-refractivity contribution in [2.24, 2.45) is 5.73 Å². The Morgan fingerprint density at radius 3 is 2.20 bits per heavy atom. The molecule has 0 aliphatic rings. The average molecular weight is 145 g/mol. The van der Waals surface area contributed by atoms with Gasteiger partial charge in [-0.25, -0.2) is 0 Å². The molecule has 0 aromatic rings. The van der Waals surface area contributed by atoms with E-state index in [0.29, 0.717) is 0 Å². The molecule has 1 unspecified atom stereocenters. The maximum absolute atomic E-state index is 5.83. The molecule has 0 rings (SSSR count). The van der Waals surface area contributed by atoms with Gasteiger partial charge in [0.05, 0.1) is 20.1 Å². The summed E-state index contributed by atoms with van der Waals surface area (Å²) < 4.78 is 0. The Labute approximate surface area is 64.4 Å². The summed E-state index contributed by atoms with van der Waals surface area (Å²) in [5.74, 6) is 0. The van der Waals surface area contributed by atoms with Gasteiger partial charge in [-0.1, -0.05) is 0 Å². The number of rotatable bonds is 4. The second-order valence-electron chi connectivity index (χ2n) is 3.80. The molecule has 2 heteroatoms. The molecule has 62 valence electrons. The topological polar surface area (TPSA) is 30.5 Å². The van der Waals surface area contributed by atoms with E-state index >= 15 is 0 Å². The quantitative estimate of drug-likeness (QED) is 0.556. The zero-order valence-electron chi connectivity index (χ0n) is 7.70. The Hall–Kier alpha value is -0.0800. The van der Waals surface area contributed by atoms with Crippen molar-refractivity contribution in [2.45, 2.75) is 32.7 Å². The molecular formula is C8H21N2+. The van der Waals surface area contributed by atoms with E-state index in [2.05, 4.69) is 27.8 Å². The molecule has 10 heavy (non-hydrogen) atoms. The molecule has 0 radical (unpaired) electrons. The summed E-state index contributed by atoms with van der Waals surface area (Å²) in [5, 5.41) is 0. The normalized spacial score (nSPS) is 15.3. The van der Waals surface area contributed by atoms with Crippen molar-refractivity contribution in [1.82, 2.24) is 0 Å². The van der Waals surface area contributed by atoms with Crippen molar-refractivity contribution in [1.29, 1.82) is 0 Å². The highest BCUT2D eigenvalue weighted by molar-refractivity contribution is 4.69. The molecule has 0 aliphatic carbocycles. The van der Waals surface area contributed by atoms with Crippen LogP contribution >= 0.6 is 0 Å². The lowest BCUT2D eigenvalue weighted by atomic mass is 10.0. The molecule has 0 amide bonds. The summed E-state index contributed by atoms with van der Waals surface area (Å²) in [6.07, 6.45) is 1.10. The molecule has 1 atom stereocenters. The first kappa shape index (κ1) is 9.92. The molecule has 0 spiro atoms. The SMILES string of the molecule is CC[NH+](C)CCC(C)(C)N. The van der Waals surface area contributed by atoms with Gasteiger partial charge in [-0.15, -0.1) is 0 Å². The average Bonchev–Trinajstić information content (AvgIpc) is 1.81. The van der Waals surface area contributed by atoms with Crippen LogP contribution in [0.25, 0.3) is 0 Å². The van der Waals surface area contributed by atoms with Gasteiger partial charge in [0.15, 0.2) is 0 Å². The van der Waals surface area contributed by atoms with E-state index in [1.807, 2.05) is 0 Å². The standard InChI is InChI=1S/C8H20N2/c1-5-10(4)7-6-8(2,3)9/h5-7,9H2,1-4H3/p+1. The van der Waals surface area contributed by atoms with Crippen LogP contribution in [0, 0.1) is 0 Å². The number of hydrogen-bond acceptors (Lipinski definition) is 1. The van der Waals surface area contributed by atoms with Gasteiger partial charge >= 0.3 is 0 Å². The van der Waals surface area contributed by atoms with Gasteiger partial charge in [-0.2, -0.15) is 0 Å². The largest absolute Gasteiger partial charge is 0.338 e. The van der Waals surface area contributed by atoms with Gasteiger partial charge in [-0.3, -0.25) is 0 Å². The first-order valence-electron chi connectivity index (χ1n) is 4.06. The zero-order valence-corrected chi connectivity index (χ0v) is 7.70. The summed E-state index contributed by atoms with van der Waals surface area (Å²) in [4.78, 5) is 1.55. The summed E-state index contributed by atoms with van der Waals surface area (Å²) in [7, 11) is 2.20. The van der Waals surface area contributed by atoms with Crippen LogP contribution in [0.2, 0.25) is 0 Å². The Kier molecular flexibility index (Phi) is 3.91. The van der Waals surface area contributed by atoms with Crippen LogP contribution in [0.1, 0.15) is 27.2 Å². The molecule has 0 saturated heterocycles. The highest BCUT2D eigenvalue weighted by atomic mass is 15.1. The summed E-state index contributed by atoms with van der Waals surface area (Å²) >= 11 is 0. The van der Waals surface area contributed by atoms with Crippen molar-refractivity contribution in [3.63, 3.8) is 0 Å². The third-order valence-corrected chi connectivity index (χ3v) is 1.80. The van der Waals surface area contributed by atoms with Gasteiger partial charge in [0.25, 0.3) is 0 Å². The van der Waals surface area contributed by atoms with Crippen molar-refractivity contribution >= 4 is 0 Å². The van der Waals surface area contributed by atoms with E-state index in [4.69, 9.17) is 5.73 Å². The van der Waals surface area contributed by atoms with Crippen molar-refractivity contribution in [2.75, 3.05) is 20.1 Å². The van der Waals surface area contributed by atoms with Gasteiger partial charge in [0.2, 0.25) is 0 Å². The number of quaternary nitrogens is 1. The van der Waals surface area contributed by atoms with Gasteiger partial charge in [0, 0.05) is 12.0 Å². The molecule has 0 fully saturated rings. The number of nitrogens with one attached hydrogen (secondary N) is 1. The molecular weight excluding hydrogens is 124 g/mol. The van der Waals surface area contributed by atoms with Crippen LogP contribution in [0.3, 0.4) is 0 Å². The Morgan fingerprint density at radius 1 is 1.40 bits per heavy atom. The highest BCUT2D eigenvalue weighted by Crippen LogP contribution is 1.99. The zero-order chi connectivity index (χ0) is 8.20. The molecule has 0 heterocycles. The molecule has 0 aliphatic heterocycles. The minimum atomic E-state index is 0.0103. The summed E-state index contributed by atoms with van der Waals surface area (Å²) in [6.45, 7) is 8.72. The second-order valence-corrected chi connectivity index (χ2v) is 3.80. The third-order valence-electron chi connectivity index (χ3n) is 1.80. The monoisotopic (exact) mass is 145 g/mol. The van der Waals surface area contributed by atoms with Crippen LogP contribution < -0.4 is 10.6 Å². The van der Waals surface area contributed by atoms with E-state index in [0.717, 1.165) is 6.42 Å². The molecule has 2 nitrogen and oxygen atoms in total. The summed E-state index contributed by atoms with van der Waals surface area (Å²) in [5.41, 5.74) is 5.84. The van der Waals surface area contributed by atoms with E-state index in [-0.39, 0.29) is 5.54 Å². The minimum Gasteiger partial charge on any atom is -0.338 e. The van der Waals surface area contributed by atoms with E-state index in [1.54, 1.807) is 4.90 Å². The predicted octanol–water partition coefficient (Wildman–Crippen LogP) is -0.352. The fourth-order valence-corrected chi connectivity index (χ4v) is 0.712. The molecule has 0 saturated carbocycles. The van der Waals surface area contributed by atoms with Gasteiger partial charge < -0.3 is 10.6 Å². The second kappa shape index (κ2) is 3.94. The predicted molar refractivity (Wildman–Crippen MR) is 45.2 cm³/mol. The van der Waals surface area contributed by atoms with E-state index < -0.39 is 0 Å². The molecule has 3 N–H and O–H groups in total. The Balaban J connectivity index is 3.36. The maximum Gasteiger partial charge on any atom is 0.0786 e. The van der Waals surface area contributed by atoms with Crippen molar-refractivity contribution in [3.05, 3.63) is 0 Å². The Morgan fingerprint density at radius 2 is 1.90 bits per heavy atom. The first-order valence-corrected chi connectivity index (χ1v) is 4.06. The molecule has 0 bridgehead atoms. The van der Waals surface area contributed by atoms with Gasteiger partial charge in [-0.05, 0) is 20.8 Å². The van der Waals surface area contributed by atoms with Crippen LogP contribution in [-0.4, -0.2) is 25.7 Å². The number of hydrogen-bond donors (Lipinski definition) is 2. The van der Waals surface area contributed by atoms with Crippen LogP contribution in [0.4, 0.5) is 0 Å². The summed E-state index contributed by atoms with van der Waals surface area (Å²) in [6, 6.07) is 0. The fraction of sp³-hybridized carbons (Fsp3) is 1.00. The smallest absolute Gasteiger partial charge is 0.0786 e. The van der Waals surface area contributed by atoms with Crippen LogP contribution in [0.5, 0.6) is 0 Å². The lowest BCUT2D eigenvalue weighted by Crippen LogP contribution is -3.08. The lowest BCUT2D eigenvalue weighted by molar-refractivity contribution is -0.878. The van der Waals surface area contributed by atoms with E-state index in [1.165, 1.54) is 13.1 Å². The Bertz CT molecular complexity index is 83.7. The third kappa shape index (κ3) is 6.05. The van der Waals surface area contributed by atoms with E-state index in [9.17, 15) is 0 Å². The molecule has 0 aromatic heterocycles. The highest BCUT2D eigenvalue weighted by Gasteiger charge is 2.12. The first-order chi connectivity index (χ1) is 4.45.